The van der Waals surface area contributed by atoms with Crippen LogP contribution in [-0.4, -0.2) is 29.9 Å². The fourth-order valence-corrected chi connectivity index (χ4v) is 5.85. The molecule has 202 valence electrons. The van der Waals surface area contributed by atoms with E-state index in [0.29, 0.717) is 22.6 Å². The van der Waals surface area contributed by atoms with Crippen molar-refractivity contribution in [1.29, 1.82) is 0 Å². The molecular formula is C32H27BrN2O5. The Kier molecular flexibility index (Phi) is 7.28. The summed E-state index contributed by atoms with van der Waals surface area (Å²) in [6.45, 7) is 0.571. The van der Waals surface area contributed by atoms with Gasteiger partial charge in [-0.2, -0.15) is 0 Å². The first-order valence-electron chi connectivity index (χ1n) is 13.0. The van der Waals surface area contributed by atoms with Gasteiger partial charge in [0.15, 0.2) is 17.6 Å². The number of likely N-dealkylation sites (tertiary alicyclic amines) is 1. The molecule has 0 aromatic heterocycles. The zero-order chi connectivity index (χ0) is 27.6. The Hall–Kier alpha value is -4.14. The number of hydroxylamine groups is 1. The summed E-state index contributed by atoms with van der Waals surface area (Å²) in [6.07, 6.45) is -0.937. The number of methoxy groups -OCH3 is 1. The molecule has 8 heteroatoms. The SMILES string of the molecule is COc1cc([C@H]2[C@H]3C(=O)N(Cc4ccccc4)C(=O)[C@H]3ON2c2ccccc2)c(Br)cc1OCc1ccccc1. The number of benzene rings is 4. The summed E-state index contributed by atoms with van der Waals surface area (Å²) in [7, 11) is 1.58. The first-order chi connectivity index (χ1) is 19.5. The smallest absolute Gasteiger partial charge is 0.262 e. The fourth-order valence-electron chi connectivity index (χ4n) is 5.29. The lowest BCUT2D eigenvalue weighted by Crippen LogP contribution is -2.37. The summed E-state index contributed by atoms with van der Waals surface area (Å²) < 4.78 is 12.5. The highest BCUT2D eigenvalue weighted by Gasteiger charge is 2.60. The van der Waals surface area contributed by atoms with Gasteiger partial charge >= 0.3 is 0 Å². The number of para-hydroxylation sites is 1. The van der Waals surface area contributed by atoms with Crippen molar-refractivity contribution in [3.63, 3.8) is 0 Å². The van der Waals surface area contributed by atoms with Crippen molar-refractivity contribution in [3.8, 4) is 11.5 Å². The molecule has 2 amide bonds. The average Bonchev–Trinajstić information content (AvgIpc) is 3.49. The predicted molar refractivity (Wildman–Crippen MR) is 153 cm³/mol. The third-order valence-electron chi connectivity index (χ3n) is 7.24. The third-order valence-corrected chi connectivity index (χ3v) is 7.93. The number of halogens is 1. The van der Waals surface area contributed by atoms with Crippen LogP contribution in [0.3, 0.4) is 0 Å². The molecule has 0 spiro atoms. The summed E-state index contributed by atoms with van der Waals surface area (Å²) >= 11 is 3.72. The maximum Gasteiger partial charge on any atom is 0.262 e. The van der Waals surface area contributed by atoms with Gasteiger partial charge in [0.1, 0.15) is 12.5 Å². The van der Waals surface area contributed by atoms with Gasteiger partial charge in [-0.3, -0.25) is 19.3 Å². The van der Waals surface area contributed by atoms with Gasteiger partial charge < -0.3 is 9.47 Å². The first kappa shape index (κ1) is 26.1. The monoisotopic (exact) mass is 598 g/mol. The van der Waals surface area contributed by atoms with Crippen LogP contribution in [0.25, 0.3) is 0 Å². The molecule has 6 rings (SSSR count). The van der Waals surface area contributed by atoms with E-state index in [2.05, 4.69) is 15.9 Å². The number of carbonyl (C=O) groups is 2. The largest absolute Gasteiger partial charge is 0.493 e. The Morgan fingerprint density at radius 3 is 2.08 bits per heavy atom. The van der Waals surface area contributed by atoms with Gasteiger partial charge in [-0.15, -0.1) is 0 Å². The topological polar surface area (TPSA) is 68.3 Å². The summed E-state index contributed by atoms with van der Waals surface area (Å²) in [5, 5.41) is 1.68. The lowest BCUT2D eigenvalue weighted by molar-refractivity contribution is -0.143. The molecule has 3 atom stereocenters. The van der Waals surface area contributed by atoms with Crippen molar-refractivity contribution in [1.82, 2.24) is 4.90 Å². The van der Waals surface area contributed by atoms with Gasteiger partial charge in [0.25, 0.3) is 5.91 Å². The van der Waals surface area contributed by atoms with Gasteiger partial charge in [-0.1, -0.05) is 94.8 Å². The van der Waals surface area contributed by atoms with E-state index < -0.39 is 18.1 Å². The van der Waals surface area contributed by atoms with Gasteiger partial charge in [-0.05, 0) is 41.0 Å². The van der Waals surface area contributed by atoms with Crippen LogP contribution < -0.4 is 14.5 Å². The van der Waals surface area contributed by atoms with Crippen molar-refractivity contribution in [2.24, 2.45) is 5.92 Å². The van der Waals surface area contributed by atoms with E-state index in [0.717, 1.165) is 22.4 Å². The molecule has 7 nitrogen and oxygen atoms in total. The van der Waals surface area contributed by atoms with Crippen LogP contribution >= 0.6 is 15.9 Å². The number of carbonyl (C=O) groups excluding carboxylic acids is 2. The van der Waals surface area contributed by atoms with Crippen molar-refractivity contribution in [2.45, 2.75) is 25.3 Å². The second-order valence-electron chi connectivity index (χ2n) is 9.71. The van der Waals surface area contributed by atoms with Crippen LogP contribution in [0.5, 0.6) is 11.5 Å². The van der Waals surface area contributed by atoms with E-state index in [-0.39, 0.29) is 18.4 Å². The maximum atomic E-state index is 13.9. The van der Waals surface area contributed by atoms with Crippen LogP contribution in [0, 0.1) is 5.92 Å². The second-order valence-corrected chi connectivity index (χ2v) is 10.6. The van der Waals surface area contributed by atoms with E-state index in [4.69, 9.17) is 14.3 Å². The van der Waals surface area contributed by atoms with Crippen molar-refractivity contribution in [3.05, 3.63) is 124 Å². The van der Waals surface area contributed by atoms with E-state index in [1.807, 2.05) is 103 Å². The van der Waals surface area contributed by atoms with Crippen LogP contribution in [-0.2, 0) is 27.6 Å². The lowest BCUT2D eigenvalue weighted by Gasteiger charge is -2.30. The van der Waals surface area contributed by atoms with Crippen molar-refractivity contribution >= 4 is 33.4 Å². The Labute approximate surface area is 241 Å². The minimum atomic E-state index is -0.937. The quantitative estimate of drug-likeness (QED) is 0.229. The third kappa shape index (κ3) is 4.85. The number of nitrogens with zero attached hydrogens (tertiary/aromatic N) is 2. The first-order valence-corrected chi connectivity index (χ1v) is 13.8. The number of fused-ring (bicyclic) bond motifs is 1. The molecular weight excluding hydrogens is 572 g/mol. The van der Waals surface area contributed by atoms with Gasteiger partial charge in [0.2, 0.25) is 5.91 Å². The molecule has 0 aliphatic carbocycles. The highest BCUT2D eigenvalue weighted by molar-refractivity contribution is 9.10. The molecule has 0 radical (unpaired) electrons. The zero-order valence-corrected chi connectivity index (χ0v) is 23.4. The summed E-state index contributed by atoms with van der Waals surface area (Å²) in [6, 6.07) is 32.0. The number of anilines is 1. The highest BCUT2D eigenvalue weighted by atomic mass is 79.9. The molecule has 4 aromatic carbocycles. The summed E-state index contributed by atoms with van der Waals surface area (Å²) in [5.41, 5.74) is 3.40. The van der Waals surface area contributed by atoms with Gasteiger partial charge in [-0.25, -0.2) is 5.06 Å². The van der Waals surface area contributed by atoms with Gasteiger partial charge in [0.05, 0.1) is 25.4 Å². The Morgan fingerprint density at radius 2 is 1.43 bits per heavy atom. The molecule has 2 saturated heterocycles. The van der Waals surface area contributed by atoms with Crippen molar-refractivity contribution < 1.29 is 23.9 Å². The highest BCUT2D eigenvalue weighted by Crippen LogP contribution is 2.50. The number of ether oxygens (including phenoxy) is 2. The minimum absolute atomic E-state index is 0.198. The number of hydrogen-bond donors (Lipinski definition) is 0. The van der Waals surface area contributed by atoms with E-state index in [1.54, 1.807) is 12.2 Å². The molecule has 0 bridgehead atoms. The molecule has 2 heterocycles. The van der Waals surface area contributed by atoms with Crippen molar-refractivity contribution in [2.75, 3.05) is 12.2 Å². The molecule has 2 fully saturated rings. The Balaban J connectivity index is 1.37. The number of imide groups is 1. The van der Waals surface area contributed by atoms with E-state index in [1.165, 1.54) is 4.90 Å². The molecule has 40 heavy (non-hydrogen) atoms. The average molecular weight is 599 g/mol. The minimum Gasteiger partial charge on any atom is -0.493 e. The Bertz CT molecular complexity index is 1520. The second kappa shape index (κ2) is 11.2. The lowest BCUT2D eigenvalue weighted by atomic mass is 9.90. The van der Waals surface area contributed by atoms with Crippen LogP contribution in [0.1, 0.15) is 22.7 Å². The molecule has 4 aromatic rings. The molecule has 0 saturated carbocycles. The predicted octanol–water partition coefficient (Wildman–Crippen LogP) is 6.08. The zero-order valence-electron chi connectivity index (χ0n) is 21.8. The maximum absolute atomic E-state index is 13.9. The number of hydrogen-bond acceptors (Lipinski definition) is 6. The summed E-state index contributed by atoms with van der Waals surface area (Å²) in [4.78, 5) is 35.0. The van der Waals surface area contributed by atoms with E-state index >= 15 is 0 Å². The summed E-state index contributed by atoms with van der Waals surface area (Å²) in [5.74, 6) is -0.272. The normalized spacial score (nSPS) is 20.1. The van der Waals surface area contributed by atoms with Gasteiger partial charge in [0, 0.05) is 4.47 Å². The Morgan fingerprint density at radius 1 is 0.800 bits per heavy atom. The van der Waals surface area contributed by atoms with E-state index in [9.17, 15) is 9.59 Å². The van der Waals surface area contributed by atoms with Crippen LogP contribution in [0.15, 0.2) is 108 Å². The molecule has 0 unspecified atom stereocenters. The molecule has 2 aliphatic rings. The standard InChI is InChI=1S/C32H27BrN2O5/c1-38-26-17-24(25(33)18-27(26)39-20-22-13-7-3-8-14-22)29-28-30(40-35(29)23-15-9-4-10-16-23)32(37)34(31(28)36)19-21-11-5-2-6-12-21/h2-18,28-30H,19-20H2,1H3/t28-,29+,30+/m1/s1. The van der Waals surface area contributed by atoms with Crippen LogP contribution in [0.4, 0.5) is 5.69 Å². The fraction of sp³-hybridized carbons (Fsp3) is 0.188. The molecule has 0 N–H and O–H groups in total. The number of rotatable bonds is 8. The number of amides is 2. The van der Waals surface area contributed by atoms with Crippen LogP contribution in [0.2, 0.25) is 0 Å². The molecule has 2 aliphatic heterocycles.